The van der Waals surface area contributed by atoms with Gasteiger partial charge < -0.3 is 19.5 Å². The van der Waals surface area contributed by atoms with Gasteiger partial charge in [-0.15, -0.1) is 0 Å². The molecule has 0 spiro atoms. The predicted molar refractivity (Wildman–Crippen MR) is 82.5 cm³/mol. The minimum Gasteiger partial charge on any atom is -0.497 e. The Morgan fingerprint density at radius 1 is 1.29 bits per heavy atom. The number of hydrogen-bond acceptors (Lipinski definition) is 2. The summed E-state index contributed by atoms with van der Waals surface area (Å²) in [6.45, 7) is 4.05. The number of aryl methyl sites for hydroxylation is 1. The van der Waals surface area contributed by atoms with E-state index in [0.29, 0.717) is 0 Å². The van der Waals surface area contributed by atoms with Gasteiger partial charge in [0.25, 0.3) is 0 Å². The summed E-state index contributed by atoms with van der Waals surface area (Å²) < 4.78 is 10.7. The molecule has 0 aliphatic carbocycles. The lowest BCUT2D eigenvalue weighted by atomic mass is 10.1. The van der Waals surface area contributed by atoms with Gasteiger partial charge in [0.15, 0.2) is 5.76 Å². The Labute approximate surface area is 124 Å². The van der Waals surface area contributed by atoms with Crippen molar-refractivity contribution in [2.45, 2.75) is 19.9 Å². The fourth-order valence-corrected chi connectivity index (χ4v) is 2.73. The predicted octanol–water partition coefficient (Wildman–Crippen LogP) is 2.38. The van der Waals surface area contributed by atoms with Gasteiger partial charge in [-0.1, -0.05) is 0 Å². The van der Waals surface area contributed by atoms with Crippen molar-refractivity contribution < 1.29 is 14.5 Å². The third kappa shape index (κ3) is 2.95. The van der Waals surface area contributed by atoms with Crippen LogP contribution in [0, 0.1) is 6.92 Å². The van der Waals surface area contributed by atoms with Crippen molar-refractivity contribution in [1.29, 1.82) is 0 Å². The summed E-state index contributed by atoms with van der Waals surface area (Å²) >= 11 is 0. The molecule has 0 amide bonds. The van der Waals surface area contributed by atoms with Gasteiger partial charge in [0.2, 0.25) is 0 Å². The summed E-state index contributed by atoms with van der Waals surface area (Å²) in [6.07, 6.45) is 2.75. The summed E-state index contributed by atoms with van der Waals surface area (Å²) in [5.41, 5.74) is 3.79. The lowest BCUT2D eigenvalue weighted by molar-refractivity contribution is -0.671. The number of fused-ring (bicyclic) bond motifs is 1. The first-order valence-corrected chi connectivity index (χ1v) is 7.27. The molecule has 0 unspecified atom stereocenters. The lowest BCUT2D eigenvalue weighted by Gasteiger charge is -2.03. The molecular formula is C17H21N2O2+. The summed E-state index contributed by atoms with van der Waals surface area (Å²) in [6, 6.07) is 10.1. The summed E-state index contributed by atoms with van der Waals surface area (Å²) in [4.78, 5) is 3.44. The highest BCUT2D eigenvalue weighted by molar-refractivity contribution is 5.86. The van der Waals surface area contributed by atoms with Gasteiger partial charge in [0.05, 0.1) is 19.9 Å². The number of nitrogens with two attached hydrogens (primary N) is 1. The molecule has 0 aliphatic heterocycles. The third-order valence-corrected chi connectivity index (χ3v) is 3.85. The maximum atomic E-state index is 5.34. The first kappa shape index (κ1) is 13.8. The molecule has 1 aromatic carbocycles. The second-order valence-electron chi connectivity index (χ2n) is 5.25. The quantitative estimate of drug-likeness (QED) is 0.683. The van der Waals surface area contributed by atoms with Gasteiger partial charge in [0, 0.05) is 23.0 Å². The normalized spacial score (nSPS) is 11.1. The van der Waals surface area contributed by atoms with E-state index in [0.717, 1.165) is 31.0 Å². The van der Waals surface area contributed by atoms with Crippen LogP contribution in [0.2, 0.25) is 0 Å². The van der Waals surface area contributed by atoms with E-state index in [1.54, 1.807) is 13.4 Å². The topological polar surface area (TPSA) is 54.8 Å². The number of H-pyrrole nitrogens is 1. The van der Waals surface area contributed by atoms with Crippen LogP contribution in [0.15, 0.2) is 41.0 Å². The van der Waals surface area contributed by atoms with Crippen LogP contribution in [0.5, 0.6) is 5.75 Å². The van der Waals surface area contributed by atoms with E-state index in [9.17, 15) is 0 Å². The highest BCUT2D eigenvalue weighted by Gasteiger charge is 2.10. The number of rotatable bonds is 6. The minimum atomic E-state index is 0.887. The summed E-state index contributed by atoms with van der Waals surface area (Å²) in [5.74, 6) is 1.93. The van der Waals surface area contributed by atoms with Crippen molar-refractivity contribution in [3.63, 3.8) is 0 Å². The van der Waals surface area contributed by atoms with E-state index in [1.165, 1.54) is 22.2 Å². The van der Waals surface area contributed by atoms with Gasteiger partial charge in [0.1, 0.15) is 12.3 Å². The first-order valence-electron chi connectivity index (χ1n) is 7.27. The number of furan rings is 1. The standard InChI is InChI=1S/C17H20N2O2/c1-12-15(7-8-18-11-14-4-3-9-21-14)16-10-13(20-2)5-6-17(16)19-12/h3-6,9-10,18-19H,7-8,11H2,1-2H3/p+1. The van der Waals surface area contributed by atoms with Crippen LogP contribution >= 0.6 is 0 Å². The highest BCUT2D eigenvalue weighted by Crippen LogP contribution is 2.26. The Morgan fingerprint density at radius 3 is 2.95 bits per heavy atom. The molecule has 0 bridgehead atoms. The van der Waals surface area contributed by atoms with E-state index in [4.69, 9.17) is 9.15 Å². The van der Waals surface area contributed by atoms with Crippen molar-refractivity contribution in [1.82, 2.24) is 4.98 Å². The second kappa shape index (κ2) is 6.06. The number of aromatic nitrogens is 1. The van der Waals surface area contributed by atoms with Gasteiger partial charge in [-0.3, -0.25) is 0 Å². The molecule has 0 aliphatic rings. The number of methoxy groups -OCH3 is 1. The SMILES string of the molecule is COc1ccc2[nH]c(C)c(CC[NH2+]Cc3ccco3)c2c1. The molecule has 0 saturated heterocycles. The molecule has 2 heterocycles. The van der Waals surface area contributed by atoms with Crippen molar-refractivity contribution >= 4 is 10.9 Å². The van der Waals surface area contributed by atoms with Crippen LogP contribution in [0.3, 0.4) is 0 Å². The van der Waals surface area contributed by atoms with Crippen LogP contribution < -0.4 is 10.1 Å². The molecule has 0 fully saturated rings. The average molecular weight is 285 g/mol. The van der Waals surface area contributed by atoms with Crippen molar-refractivity contribution in [2.24, 2.45) is 0 Å². The average Bonchev–Trinajstić information content (AvgIpc) is 3.11. The molecule has 0 radical (unpaired) electrons. The molecule has 110 valence electrons. The van der Waals surface area contributed by atoms with Crippen molar-refractivity contribution in [3.8, 4) is 5.75 Å². The molecule has 0 atom stereocenters. The largest absolute Gasteiger partial charge is 0.497 e. The van der Waals surface area contributed by atoms with E-state index in [-0.39, 0.29) is 0 Å². The molecule has 3 N–H and O–H groups in total. The summed E-state index contributed by atoms with van der Waals surface area (Å²) in [7, 11) is 1.71. The third-order valence-electron chi connectivity index (χ3n) is 3.85. The Hall–Kier alpha value is -2.20. The Balaban J connectivity index is 1.69. The van der Waals surface area contributed by atoms with E-state index < -0.39 is 0 Å². The smallest absolute Gasteiger partial charge is 0.157 e. The fraction of sp³-hybridized carbons (Fsp3) is 0.294. The van der Waals surface area contributed by atoms with Gasteiger partial charge in [-0.05, 0) is 42.8 Å². The van der Waals surface area contributed by atoms with Crippen LogP contribution in [0.25, 0.3) is 10.9 Å². The van der Waals surface area contributed by atoms with E-state index >= 15 is 0 Å². The second-order valence-corrected chi connectivity index (χ2v) is 5.25. The van der Waals surface area contributed by atoms with Gasteiger partial charge >= 0.3 is 0 Å². The zero-order valence-electron chi connectivity index (χ0n) is 12.5. The van der Waals surface area contributed by atoms with E-state index in [1.807, 2.05) is 18.2 Å². The Morgan fingerprint density at radius 2 is 2.19 bits per heavy atom. The monoisotopic (exact) mass is 285 g/mol. The first-order chi connectivity index (χ1) is 10.3. The number of nitrogens with one attached hydrogen (secondary N) is 1. The molecule has 3 rings (SSSR count). The van der Waals surface area contributed by atoms with Crippen LogP contribution in [0.1, 0.15) is 17.0 Å². The van der Waals surface area contributed by atoms with Gasteiger partial charge in [-0.25, -0.2) is 0 Å². The lowest BCUT2D eigenvalue weighted by Crippen LogP contribution is -2.83. The maximum absolute atomic E-state index is 5.34. The number of quaternary nitrogens is 1. The van der Waals surface area contributed by atoms with Crippen LogP contribution in [0.4, 0.5) is 0 Å². The fourth-order valence-electron chi connectivity index (χ4n) is 2.73. The molecule has 4 nitrogen and oxygen atoms in total. The molecule has 21 heavy (non-hydrogen) atoms. The molecule has 4 heteroatoms. The molecule has 0 saturated carbocycles. The highest BCUT2D eigenvalue weighted by atomic mass is 16.5. The van der Waals surface area contributed by atoms with Gasteiger partial charge in [-0.2, -0.15) is 0 Å². The maximum Gasteiger partial charge on any atom is 0.157 e. The minimum absolute atomic E-state index is 0.887. The van der Waals surface area contributed by atoms with Crippen LogP contribution in [-0.4, -0.2) is 18.6 Å². The Kier molecular flexibility index (Phi) is 3.97. The van der Waals surface area contributed by atoms with Crippen molar-refractivity contribution in [2.75, 3.05) is 13.7 Å². The van der Waals surface area contributed by atoms with E-state index in [2.05, 4.69) is 29.4 Å². The zero-order valence-corrected chi connectivity index (χ0v) is 12.5. The number of benzene rings is 1. The number of hydrogen-bond donors (Lipinski definition) is 2. The molecule has 2 aromatic heterocycles. The number of ether oxygens (including phenoxy) is 1. The number of aromatic amines is 1. The van der Waals surface area contributed by atoms with Crippen molar-refractivity contribution in [3.05, 3.63) is 53.6 Å². The van der Waals surface area contributed by atoms with Crippen LogP contribution in [-0.2, 0) is 13.0 Å². The molecular weight excluding hydrogens is 264 g/mol. The summed E-state index contributed by atoms with van der Waals surface area (Å²) in [5, 5.41) is 3.54. The molecule has 3 aromatic rings. The Bertz CT molecular complexity index is 714. The zero-order chi connectivity index (χ0) is 14.7.